The van der Waals surface area contributed by atoms with Gasteiger partial charge in [0.05, 0.1) is 29.6 Å². The number of ether oxygens (including phenoxy) is 1. The number of anilines is 2. The molecular weight excluding hydrogens is 498 g/mol. The van der Waals surface area contributed by atoms with Gasteiger partial charge in [-0.3, -0.25) is 9.80 Å². The lowest BCUT2D eigenvalue weighted by Crippen LogP contribution is -2.67. The number of hydrogen-bond acceptors (Lipinski definition) is 5. The van der Waals surface area contributed by atoms with Crippen LogP contribution in [-0.4, -0.2) is 68.9 Å². The predicted octanol–water partition coefficient (Wildman–Crippen LogP) is 4.34. The Bertz CT molecular complexity index is 1410. The third-order valence-electron chi connectivity index (χ3n) is 7.59. The summed E-state index contributed by atoms with van der Waals surface area (Å²) in [5.41, 5.74) is 3.63. The molecule has 0 spiro atoms. The van der Waals surface area contributed by atoms with E-state index in [1.807, 2.05) is 91.0 Å². The van der Waals surface area contributed by atoms with E-state index in [1.54, 1.807) is 0 Å². The number of benzene rings is 3. The van der Waals surface area contributed by atoms with Crippen molar-refractivity contribution >= 4 is 41.6 Å². The second kappa shape index (κ2) is 9.92. The number of aliphatic carboxylic acids is 1. The van der Waals surface area contributed by atoms with Crippen molar-refractivity contribution in [3.63, 3.8) is 0 Å². The van der Waals surface area contributed by atoms with Crippen LogP contribution in [0, 0.1) is 0 Å². The summed E-state index contributed by atoms with van der Waals surface area (Å²) in [5, 5.41) is 21.3. The van der Waals surface area contributed by atoms with Crippen molar-refractivity contribution in [3.05, 3.63) is 95.6 Å². The van der Waals surface area contributed by atoms with Crippen molar-refractivity contribution < 1.29 is 29.3 Å². The van der Waals surface area contributed by atoms with Gasteiger partial charge < -0.3 is 19.8 Å². The first kappa shape index (κ1) is 24.7. The Morgan fingerprint density at radius 1 is 0.846 bits per heavy atom. The standard InChI is InChI=1S/C30H27N3O6/c34-25-16-22-17-31(27(28(35)36)26(25)32(22)30(38)39-18-19-8-2-1-3-9-19)29(37)33-23-12-6-4-10-20(23)14-15-21-11-5-7-13-24(21)33/h1-15,22,25-27,34H,16-18H2,(H,35,36)/t22-,25+,26+,27-/m1/s1. The molecule has 2 fully saturated rings. The number of fused-ring (bicyclic) bond motifs is 4. The van der Waals surface area contributed by atoms with E-state index >= 15 is 0 Å². The zero-order valence-corrected chi connectivity index (χ0v) is 21.0. The number of carbonyl (C=O) groups is 3. The molecule has 6 rings (SSSR count). The van der Waals surface area contributed by atoms with Gasteiger partial charge in [-0.05, 0) is 35.2 Å². The first-order valence-corrected chi connectivity index (χ1v) is 12.8. The number of para-hydroxylation sites is 2. The normalized spacial score (nSPS) is 23.1. The summed E-state index contributed by atoms with van der Waals surface area (Å²) in [4.78, 5) is 44.3. The van der Waals surface area contributed by atoms with Gasteiger partial charge >= 0.3 is 18.1 Å². The second-order valence-corrected chi connectivity index (χ2v) is 9.90. The molecule has 0 saturated carbocycles. The molecule has 3 aliphatic rings. The third-order valence-corrected chi connectivity index (χ3v) is 7.59. The Balaban J connectivity index is 1.33. The van der Waals surface area contributed by atoms with E-state index in [9.17, 15) is 24.6 Å². The maximum Gasteiger partial charge on any atom is 0.410 e. The van der Waals surface area contributed by atoms with Gasteiger partial charge in [0.1, 0.15) is 6.61 Å². The van der Waals surface area contributed by atoms with Gasteiger partial charge in [0.15, 0.2) is 6.04 Å². The lowest BCUT2D eigenvalue weighted by molar-refractivity contribution is -0.147. The second-order valence-electron chi connectivity index (χ2n) is 9.90. The molecule has 0 aliphatic carbocycles. The molecule has 4 atom stereocenters. The monoisotopic (exact) mass is 525 g/mol. The van der Waals surface area contributed by atoms with E-state index in [4.69, 9.17) is 4.74 Å². The van der Waals surface area contributed by atoms with E-state index < -0.39 is 42.3 Å². The summed E-state index contributed by atoms with van der Waals surface area (Å²) >= 11 is 0. The molecule has 2 N–H and O–H groups in total. The maximum atomic E-state index is 14.3. The number of amides is 3. The van der Waals surface area contributed by atoms with Gasteiger partial charge in [0, 0.05) is 6.54 Å². The van der Waals surface area contributed by atoms with Gasteiger partial charge in [0.2, 0.25) is 0 Å². The molecular formula is C30H27N3O6. The van der Waals surface area contributed by atoms with Crippen LogP contribution in [0.3, 0.4) is 0 Å². The first-order valence-electron chi connectivity index (χ1n) is 12.8. The molecule has 3 aromatic carbocycles. The van der Waals surface area contributed by atoms with Crippen LogP contribution in [-0.2, 0) is 16.1 Å². The van der Waals surface area contributed by atoms with Crippen LogP contribution in [0.25, 0.3) is 12.2 Å². The SMILES string of the molecule is O=C(O)[C@H]1[C@@H]2[C@@H](O)C[C@H](CN1C(=O)N1c3ccccc3C=Cc3ccccc31)N2C(=O)OCc1ccccc1. The minimum Gasteiger partial charge on any atom is -0.480 e. The summed E-state index contributed by atoms with van der Waals surface area (Å²) in [6.07, 6.45) is 2.16. The van der Waals surface area contributed by atoms with E-state index in [-0.39, 0.29) is 19.6 Å². The Morgan fingerprint density at radius 2 is 1.44 bits per heavy atom. The third kappa shape index (κ3) is 4.30. The van der Waals surface area contributed by atoms with E-state index in [0.717, 1.165) is 16.7 Å². The number of likely N-dealkylation sites (tertiary alicyclic amines) is 1. The fourth-order valence-corrected chi connectivity index (χ4v) is 5.86. The molecule has 9 nitrogen and oxygen atoms in total. The molecule has 2 saturated heterocycles. The van der Waals surface area contributed by atoms with Gasteiger partial charge in [-0.15, -0.1) is 0 Å². The van der Waals surface area contributed by atoms with Gasteiger partial charge in [-0.2, -0.15) is 0 Å². The molecule has 0 radical (unpaired) electrons. The van der Waals surface area contributed by atoms with Crippen LogP contribution < -0.4 is 4.90 Å². The Kier molecular flexibility index (Phi) is 6.28. The molecule has 3 aromatic rings. The summed E-state index contributed by atoms with van der Waals surface area (Å²) in [6.45, 7) is -0.0432. The van der Waals surface area contributed by atoms with Crippen molar-refractivity contribution in [2.75, 3.05) is 11.4 Å². The lowest BCUT2D eigenvalue weighted by Gasteiger charge is -2.45. The molecule has 2 bridgehead atoms. The minimum atomic E-state index is -1.47. The van der Waals surface area contributed by atoms with Crippen molar-refractivity contribution in [2.24, 2.45) is 0 Å². The van der Waals surface area contributed by atoms with Crippen molar-refractivity contribution in [1.82, 2.24) is 9.80 Å². The highest BCUT2D eigenvalue weighted by molar-refractivity contribution is 6.06. The van der Waals surface area contributed by atoms with E-state index in [1.165, 1.54) is 14.7 Å². The van der Waals surface area contributed by atoms with Crippen molar-refractivity contribution in [2.45, 2.75) is 37.3 Å². The Morgan fingerprint density at radius 3 is 2.05 bits per heavy atom. The number of nitrogens with zero attached hydrogens (tertiary/aromatic N) is 3. The highest BCUT2D eigenvalue weighted by atomic mass is 16.6. The molecule has 9 heteroatoms. The van der Waals surface area contributed by atoms with E-state index in [0.29, 0.717) is 11.4 Å². The molecule has 0 aromatic heterocycles. The largest absolute Gasteiger partial charge is 0.480 e. The quantitative estimate of drug-likeness (QED) is 0.527. The van der Waals surface area contributed by atoms with Crippen LogP contribution in [0.5, 0.6) is 0 Å². The zero-order valence-electron chi connectivity index (χ0n) is 21.0. The summed E-state index contributed by atoms with van der Waals surface area (Å²) < 4.78 is 5.51. The predicted molar refractivity (Wildman–Crippen MR) is 144 cm³/mol. The number of urea groups is 1. The Labute approximate surface area is 225 Å². The smallest absolute Gasteiger partial charge is 0.410 e. The lowest BCUT2D eigenvalue weighted by atomic mass is 10.0. The number of piperazine rings is 1. The van der Waals surface area contributed by atoms with Crippen LogP contribution >= 0.6 is 0 Å². The number of carbonyl (C=O) groups excluding carboxylic acids is 2. The highest BCUT2D eigenvalue weighted by Crippen LogP contribution is 2.40. The van der Waals surface area contributed by atoms with Crippen molar-refractivity contribution in [1.29, 1.82) is 0 Å². The topological polar surface area (TPSA) is 111 Å². The van der Waals surface area contributed by atoms with Crippen LogP contribution in [0.1, 0.15) is 23.1 Å². The van der Waals surface area contributed by atoms with Crippen LogP contribution in [0.4, 0.5) is 21.0 Å². The number of aliphatic hydroxyl groups excluding tert-OH is 1. The molecule has 0 unspecified atom stereocenters. The van der Waals surface area contributed by atoms with Gasteiger partial charge in [-0.1, -0.05) is 78.9 Å². The average Bonchev–Trinajstić information content (AvgIpc) is 3.08. The maximum absolute atomic E-state index is 14.3. The molecule has 3 heterocycles. The number of carboxylic acid groups (broad SMARTS) is 1. The summed E-state index contributed by atoms with van der Waals surface area (Å²) in [5.74, 6) is -1.30. The van der Waals surface area contributed by atoms with E-state index in [2.05, 4.69) is 0 Å². The number of aliphatic hydroxyl groups is 1. The highest BCUT2D eigenvalue weighted by Gasteiger charge is 2.58. The van der Waals surface area contributed by atoms with Crippen molar-refractivity contribution in [3.8, 4) is 0 Å². The number of hydrogen-bond donors (Lipinski definition) is 2. The number of carboxylic acids is 1. The first-order chi connectivity index (χ1) is 18.9. The summed E-state index contributed by atoms with van der Waals surface area (Å²) in [7, 11) is 0. The zero-order chi connectivity index (χ0) is 27.1. The van der Waals surface area contributed by atoms with Crippen LogP contribution in [0.2, 0.25) is 0 Å². The van der Waals surface area contributed by atoms with Gasteiger partial charge in [0.25, 0.3) is 0 Å². The number of rotatable bonds is 3. The summed E-state index contributed by atoms with van der Waals surface area (Å²) in [6, 6.07) is 20.2. The molecule has 198 valence electrons. The fraction of sp³-hybridized carbons (Fsp3) is 0.233. The van der Waals surface area contributed by atoms with Crippen LogP contribution in [0.15, 0.2) is 78.9 Å². The Hall–Kier alpha value is -4.63. The minimum absolute atomic E-state index is 0.0143. The fourth-order valence-electron chi connectivity index (χ4n) is 5.86. The molecule has 3 aliphatic heterocycles. The average molecular weight is 526 g/mol. The molecule has 39 heavy (non-hydrogen) atoms. The molecule has 3 amide bonds. The van der Waals surface area contributed by atoms with Gasteiger partial charge in [-0.25, -0.2) is 14.4 Å².